The minimum atomic E-state index is -0.386. The molecule has 0 saturated heterocycles. The molecule has 23 heavy (non-hydrogen) atoms. The van der Waals surface area contributed by atoms with E-state index in [0.29, 0.717) is 12.4 Å². The summed E-state index contributed by atoms with van der Waals surface area (Å²) in [7, 11) is 6.40. The number of hydrogen-bond donors (Lipinski definition) is 0. The van der Waals surface area contributed by atoms with Gasteiger partial charge in [-0.1, -0.05) is 32.0 Å². The first-order valence-corrected chi connectivity index (χ1v) is 7.55. The van der Waals surface area contributed by atoms with E-state index < -0.39 is 0 Å². The largest absolute Gasteiger partial charge is 1.00 e. The maximum atomic E-state index is 12.3. The Hall–Kier alpha value is -1.08. The number of halogens is 1. The number of carbonyl (C=O) groups is 1. The third-order valence-corrected chi connectivity index (χ3v) is 3.53. The van der Waals surface area contributed by atoms with Gasteiger partial charge in [-0.3, -0.25) is 0 Å². The number of aryl methyl sites for hydroxylation is 1. The summed E-state index contributed by atoms with van der Waals surface area (Å²) in [4.78, 5) is 12.3. The maximum absolute atomic E-state index is 12.3. The molecular formula is C18H26INO3. The third kappa shape index (κ3) is 5.21. The quantitative estimate of drug-likeness (QED) is 0.396. The average Bonchev–Trinajstić information content (AvgIpc) is 2.72. The highest BCUT2D eigenvalue weighted by Gasteiger charge is 2.29. The van der Waals surface area contributed by atoms with E-state index in [1.807, 2.05) is 31.2 Å². The summed E-state index contributed by atoms with van der Waals surface area (Å²) < 4.78 is 12.0. The average molecular weight is 431 g/mol. The predicted octanol–water partition coefficient (Wildman–Crippen LogP) is 0.634. The maximum Gasteiger partial charge on any atom is 0.374 e. The standard InChI is InChI=1S/C18H26NO3.HI/c1-13-14-9-7-8-10-15(14)22-16(13)17(20)21-12-18(2,3)11-19(4,5)6;/h7-10H,11-12H2,1-6H3;1H/q+1;/p-1. The Balaban J connectivity index is 0.00000264. The molecule has 0 aliphatic carbocycles. The first-order chi connectivity index (χ1) is 10.1. The highest BCUT2D eigenvalue weighted by Crippen LogP contribution is 2.26. The molecule has 1 heterocycles. The Morgan fingerprint density at radius 1 is 1.22 bits per heavy atom. The fourth-order valence-electron chi connectivity index (χ4n) is 3.03. The topological polar surface area (TPSA) is 39.4 Å². The van der Waals surface area contributed by atoms with E-state index in [9.17, 15) is 4.79 Å². The second-order valence-corrected chi connectivity index (χ2v) is 7.74. The van der Waals surface area contributed by atoms with Crippen LogP contribution in [0.4, 0.5) is 0 Å². The molecule has 0 amide bonds. The minimum absolute atomic E-state index is 0. The van der Waals surface area contributed by atoms with Crippen LogP contribution >= 0.6 is 0 Å². The molecule has 4 nitrogen and oxygen atoms in total. The number of nitrogens with zero attached hydrogens (tertiary/aromatic N) is 1. The Bertz CT molecular complexity index is 683. The van der Waals surface area contributed by atoms with Crippen LogP contribution in [0.5, 0.6) is 0 Å². The van der Waals surface area contributed by atoms with E-state index in [1.165, 1.54) is 0 Å². The summed E-state index contributed by atoms with van der Waals surface area (Å²) in [6.45, 7) is 7.39. The SMILES string of the molecule is Cc1c(C(=O)OCC(C)(C)C[N+](C)(C)C)oc2ccccc12.[I-]. The van der Waals surface area contributed by atoms with E-state index in [-0.39, 0.29) is 35.4 Å². The number of fused-ring (bicyclic) bond motifs is 1. The van der Waals surface area contributed by atoms with Crippen LogP contribution in [0.1, 0.15) is 30.0 Å². The van der Waals surface area contributed by atoms with Gasteiger partial charge in [0.15, 0.2) is 0 Å². The zero-order valence-corrected chi connectivity index (χ0v) is 16.9. The molecule has 0 N–H and O–H groups in total. The van der Waals surface area contributed by atoms with Crippen LogP contribution in [0.3, 0.4) is 0 Å². The third-order valence-electron chi connectivity index (χ3n) is 3.53. The number of benzene rings is 1. The van der Waals surface area contributed by atoms with E-state index in [4.69, 9.17) is 9.15 Å². The second kappa shape index (κ2) is 7.21. The number of esters is 1. The van der Waals surface area contributed by atoms with Crippen LogP contribution in [0.25, 0.3) is 11.0 Å². The van der Waals surface area contributed by atoms with E-state index in [0.717, 1.165) is 27.6 Å². The lowest BCUT2D eigenvalue weighted by atomic mass is 9.93. The van der Waals surface area contributed by atoms with Crippen molar-refractivity contribution < 1.29 is 42.4 Å². The molecule has 2 aromatic rings. The summed E-state index contributed by atoms with van der Waals surface area (Å²) in [5.74, 6) is -0.0783. The summed E-state index contributed by atoms with van der Waals surface area (Å²) in [6, 6.07) is 7.64. The molecule has 0 fully saturated rings. The predicted molar refractivity (Wildman–Crippen MR) is 87.9 cm³/mol. The lowest BCUT2D eigenvalue weighted by Crippen LogP contribution is -3.00. The molecule has 0 spiro atoms. The van der Waals surface area contributed by atoms with Crippen molar-refractivity contribution in [3.8, 4) is 0 Å². The van der Waals surface area contributed by atoms with Crippen LogP contribution in [-0.2, 0) is 4.74 Å². The van der Waals surface area contributed by atoms with Crippen molar-refractivity contribution in [1.82, 2.24) is 0 Å². The number of ether oxygens (including phenoxy) is 1. The fraction of sp³-hybridized carbons (Fsp3) is 0.500. The van der Waals surface area contributed by atoms with Crippen LogP contribution in [0, 0.1) is 12.3 Å². The van der Waals surface area contributed by atoms with Crippen molar-refractivity contribution in [3.05, 3.63) is 35.6 Å². The zero-order valence-electron chi connectivity index (χ0n) is 14.8. The van der Waals surface area contributed by atoms with Gasteiger partial charge >= 0.3 is 5.97 Å². The molecule has 128 valence electrons. The first-order valence-electron chi connectivity index (χ1n) is 7.55. The number of rotatable bonds is 5. The summed E-state index contributed by atoms with van der Waals surface area (Å²) in [6.07, 6.45) is 0. The Kier molecular flexibility index (Phi) is 6.26. The van der Waals surface area contributed by atoms with Crippen LogP contribution in [0.2, 0.25) is 0 Å². The van der Waals surface area contributed by atoms with Gasteiger partial charge in [-0.05, 0) is 13.0 Å². The molecule has 5 heteroatoms. The molecule has 0 atom stereocenters. The lowest BCUT2D eigenvalue weighted by molar-refractivity contribution is -0.877. The molecule has 0 aliphatic heterocycles. The van der Waals surface area contributed by atoms with Crippen molar-refractivity contribution in [2.75, 3.05) is 34.3 Å². The lowest BCUT2D eigenvalue weighted by Gasteiger charge is -2.33. The van der Waals surface area contributed by atoms with Gasteiger partial charge < -0.3 is 37.6 Å². The molecular weight excluding hydrogens is 405 g/mol. The van der Waals surface area contributed by atoms with E-state index >= 15 is 0 Å². The highest BCUT2D eigenvalue weighted by atomic mass is 127. The normalized spacial score (nSPS) is 12.1. The van der Waals surface area contributed by atoms with Crippen molar-refractivity contribution in [3.63, 3.8) is 0 Å². The monoisotopic (exact) mass is 431 g/mol. The molecule has 0 radical (unpaired) electrons. The smallest absolute Gasteiger partial charge is 0.374 e. The van der Waals surface area contributed by atoms with Gasteiger partial charge in [-0.25, -0.2) is 4.79 Å². The van der Waals surface area contributed by atoms with Crippen LogP contribution < -0.4 is 24.0 Å². The number of furan rings is 1. The number of quaternary nitrogens is 1. The van der Waals surface area contributed by atoms with Crippen molar-refractivity contribution in [2.45, 2.75) is 20.8 Å². The van der Waals surface area contributed by atoms with Crippen LogP contribution in [0.15, 0.2) is 28.7 Å². The number of hydrogen-bond acceptors (Lipinski definition) is 3. The Morgan fingerprint density at radius 2 is 1.83 bits per heavy atom. The van der Waals surface area contributed by atoms with Gasteiger partial charge in [0.05, 0.1) is 27.7 Å². The molecule has 0 unspecified atom stereocenters. The highest BCUT2D eigenvalue weighted by molar-refractivity contribution is 5.95. The Labute approximate surface area is 155 Å². The van der Waals surface area contributed by atoms with Gasteiger partial charge in [0.25, 0.3) is 0 Å². The van der Waals surface area contributed by atoms with Gasteiger partial charge in [0, 0.05) is 16.4 Å². The number of para-hydroxylation sites is 1. The van der Waals surface area contributed by atoms with E-state index in [2.05, 4.69) is 35.0 Å². The zero-order chi connectivity index (χ0) is 16.5. The summed E-state index contributed by atoms with van der Waals surface area (Å²) in [5.41, 5.74) is 1.47. The fourth-order valence-corrected chi connectivity index (χ4v) is 3.03. The van der Waals surface area contributed by atoms with Crippen LogP contribution in [-0.4, -0.2) is 44.7 Å². The molecule has 1 aromatic carbocycles. The molecule has 0 bridgehead atoms. The van der Waals surface area contributed by atoms with Crippen molar-refractivity contribution in [2.24, 2.45) is 5.41 Å². The summed E-state index contributed by atoms with van der Waals surface area (Å²) in [5, 5.41) is 0.958. The Morgan fingerprint density at radius 3 is 2.39 bits per heavy atom. The molecule has 2 rings (SSSR count). The minimum Gasteiger partial charge on any atom is -1.00 e. The molecule has 0 saturated carbocycles. The van der Waals surface area contributed by atoms with Gasteiger partial charge in [0.1, 0.15) is 12.2 Å². The van der Waals surface area contributed by atoms with Gasteiger partial charge in [-0.2, -0.15) is 0 Å². The number of carbonyl (C=O) groups excluding carboxylic acids is 1. The van der Waals surface area contributed by atoms with Crippen molar-refractivity contribution >= 4 is 16.9 Å². The first kappa shape index (κ1) is 20.0. The second-order valence-electron chi connectivity index (χ2n) is 7.74. The molecule has 1 aromatic heterocycles. The molecule has 0 aliphatic rings. The van der Waals surface area contributed by atoms with Gasteiger partial charge in [0.2, 0.25) is 5.76 Å². The summed E-state index contributed by atoms with van der Waals surface area (Å²) >= 11 is 0. The van der Waals surface area contributed by atoms with E-state index in [1.54, 1.807) is 0 Å². The van der Waals surface area contributed by atoms with Crippen molar-refractivity contribution in [1.29, 1.82) is 0 Å². The van der Waals surface area contributed by atoms with Gasteiger partial charge in [-0.15, -0.1) is 0 Å².